The maximum Gasteiger partial charge on any atom is 0.265 e. The molecule has 0 saturated carbocycles. The second-order valence-electron chi connectivity index (χ2n) is 6.17. The predicted octanol–water partition coefficient (Wildman–Crippen LogP) is 2.72. The van der Waals surface area contributed by atoms with Crippen LogP contribution < -0.4 is 10.2 Å². The van der Waals surface area contributed by atoms with Crippen molar-refractivity contribution in [3.63, 3.8) is 0 Å². The number of likely N-dealkylation sites (N-methyl/N-ethyl adjacent to an activating group) is 1. The Balaban J connectivity index is 1.98. The Morgan fingerprint density at radius 1 is 1.08 bits per heavy atom. The molecule has 2 aromatic rings. The van der Waals surface area contributed by atoms with E-state index in [1.165, 1.54) is 11.9 Å². The molecule has 2 aromatic carbocycles. The van der Waals surface area contributed by atoms with E-state index in [9.17, 15) is 9.59 Å². The molecular formula is C20H24N2O4. The van der Waals surface area contributed by atoms with Gasteiger partial charge in [0.1, 0.15) is 18.4 Å². The van der Waals surface area contributed by atoms with Gasteiger partial charge >= 0.3 is 0 Å². The van der Waals surface area contributed by atoms with E-state index in [1.807, 2.05) is 54.6 Å². The van der Waals surface area contributed by atoms with Crippen LogP contribution in [0.2, 0.25) is 0 Å². The third kappa shape index (κ3) is 4.83. The van der Waals surface area contributed by atoms with Crippen LogP contribution in [0.15, 0.2) is 54.6 Å². The number of nitrogens with zero attached hydrogens (tertiary/aromatic N) is 1. The zero-order chi connectivity index (χ0) is 19.1. The molecule has 6 heteroatoms. The second-order valence-corrected chi connectivity index (χ2v) is 6.17. The molecule has 0 aliphatic heterocycles. The van der Waals surface area contributed by atoms with E-state index in [0.717, 1.165) is 16.9 Å². The van der Waals surface area contributed by atoms with Gasteiger partial charge in [-0.15, -0.1) is 0 Å². The van der Waals surface area contributed by atoms with Crippen LogP contribution in [0.25, 0.3) is 0 Å². The van der Waals surface area contributed by atoms with Gasteiger partial charge in [-0.2, -0.15) is 0 Å². The first-order valence-corrected chi connectivity index (χ1v) is 8.41. The van der Waals surface area contributed by atoms with Crippen LogP contribution in [0.5, 0.6) is 5.75 Å². The van der Waals surface area contributed by atoms with Crippen molar-refractivity contribution in [2.75, 3.05) is 7.05 Å². The van der Waals surface area contributed by atoms with Crippen LogP contribution in [0.4, 0.5) is 0 Å². The molecule has 26 heavy (non-hydrogen) atoms. The standard InChI is InChI=1S/C20H24N2O4/c1-14(20(24)22(3)15(2)19(23)21-25)17-9-11-18(12-10-17)26-13-16-7-5-4-6-8-16/h4-12,14-15,25H,13H2,1-3H3,(H,21,23)/t14-,15+/m1/s1. The predicted molar refractivity (Wildman–Crippen MR) is 97.8 cm³/mol. The second kappa shape index (κ2) is 9.01. The van der Waals surface area contributed by atoms with Crippen molar-refractivity contribution in [2.24, 2.45) is 0 Å². The Morgan fingerprint density at radius 3 is 2.27 bits per heavy atom. The fourth-order valence-electron chi connectivity index (χ4n) is 2.50. The lowest BCUT2D eigenvalue weighted by atomic mass is 9.99. The Morgan fingerprint density at radius 2 is 1.69 bits per heavy atom. The number of ether oxygens (including phenoxy) is 1. The molecule has 0 spiro atoms. The number of hydrogen-bond acceptors (Lipinski definition) is 4. The molecule has 0 saturated heterocycles. The lowest BCUT2D eigenvalue weighted by Gasteiger charge is -2.26. The monoisotopic (exact) mass is 356 g/mol. The molecule has 0 radical (unpaired) electrons. The first-order valence-electron chi connectivity index (χ1n) is 8.41. The number of benzene rings is 2. The summed E-state index contributed by atoms with van der Waals surface area (Å²) in [5.41, 5.74) is 3.47. The fourth-order valence-corrected chi connectivity index (χ4v) is 2.50. The van der Waals surface area contributed by atoms with Crippen LogP contribution in [0, 0.1) is 0 Å². The van der Waals surface area contributed by atoms with Gasteiger partial charge in [-0.05, 0) is 37.1 Å². The lowest BCUT2D eigenvalue weighted by molar-refractivity contribution is -0.143. The number of carbonyl (C=O) groups excluding carboxylic acids is 2. The first kappa shape index (κ1) is 19.5. The van der Waals surface area contributed by atoms with Gasteiger partial charge in [0.15, 0.2) is 0 Å². The van der Waals surface area contributed by atoms with Crippen molar-refractivity contribution >= 4 is 11.8 Å². The summed E-state index contributed by atoms with van der Waals surface area (Å²) < 4.78 is 5.74. The summed E-state index contributed by atoms with van der Waals surface area (Å²) >= 11 is 0. The lowest BCUT2D eigenvalue weighted by Crippen LogP contribution is -2.46. The van der Waals surface area contributed by atoms with E-state index in [1.54, 1.807) is 19.3 Å². The minimum absolute atomic E-state index is 0.209. The van der Waals surface area contributed by atoms with E-state index in [4.69, 9.17) is 9.94 Å². The average Bonchev–Trinajstić information content (AvgIpc) is 2.70. The summed E-state index contributed by atoms with van der Waals surface area (Å²) in [6.45, 7) is 3.81. The molecule has 0 aliphatic carbocycles. The molecule has 2 atom stereocenters. The number of rotatable bonds is 7. The number of hydrogen-bond donors (Lipinski definition) is 2. The maximum absolute atomic E-state index is 12.5. The Hall–Kier alpha value is -2.86. The molecule has 2 amide bonds. The summed E-state index contributed by atoms with van der Waals surface area (Å²) in [5.74, 6) is -0.535. The van der Waals surface area contributed by atoms with E-state index in [0.29, 0.717) is 6.61 Å². The number of carbonyl (C=O) groups is 2. The molecule has 0 bridgehead atoms. The summed E-state index contributed by atoms with van der Waals surface area (Å²) in [7, 11) is 1.54. The van der Waals surface area contributed by atoms with E-state index >= 15 is 0 Å². The molecule has 2 rings (SSSR count). The smallest absolute Gasteiger partial charge is 0.265 e. The largest absolute Gasteiger partial charge is 0.489 e. The Kier molecular flexibility index (Phi) is 6.74. The highest BCUT2D eigenvalue weighted by Gasteiger charge is 2.26. The molecule has 6 nitrogen and oxygen atoms in total. The highest BCUT2D eigenvalue weighted by molar-refractivity contribution is 5.89. The number of nitrogens with one attached hydrogen (secondary N) is 1. The molecular weight excluding hydrogens is 332 g/mol. The maximum atomic E-state index is 12.5. The molecule has 0 aliphatic rings. The SMILES string of the molecule is C[C@@H](C(=O)N(C)[C@@H](C)C(=O)NO)c1ccc(OCc2ccccc2)cc1. The van der Waals surface area contributed by atoms with Gasteiger partial charge in [-0.25, -0.2) is 5.48 Å². The minimum Gasteiger partial charge on any atom is -0.489 e. The van der Waals surface area contributed by atoms with Crippen molar-refractivity contribution in [1.29, 1.82) is 0 Å². The topological polar surface area (TPSA) is 78.9 Å². The Labute approximate surface area is 153 Å². The third-order valence-corrected chi connectivity index (χ3v) is 4.42. The first-order chi connectivity index (χ1) is 12.4. The van der Waals surface area contributed by atoms with Crippen LogP contribution >= 0.6 is 0 Å². The van der Waals surface area contributed by atoms with Crippen LogP contribution in [0.1, 0.15) is 30.9 Å². The van der Waals surface area contributed by atoms with E-state index < -0.39 is 17.9 Å². The zero-order valence-corrected chi connectivity index (χ0v) is 15.2. The molecule has 0 fully saturated rings. The van der Waals surface area contributed by atoms with Crippen molar-refractivity contribution in [2.45, 2.75) is 32.4 Å². The van der Waals surface area contributed by atoms with E-state index in [2.05, 4.69) is 0 Å². The van der Waals surface area contributed by atoms with Gasteiger partial charge in [0, 0.05) is 7.05 Å². The molecule has 0 heterocycles. The fraction of sp³-hybridized carbons (Fsp3) is 0.300. The van der Waals surface area contributed by atoms with Gasteiger partial charge in [0.25, 0.3) is 5.91 Å². The average molecular weight is 356 g/mol. The van der Waals surface area contributed by atoms with Gasteiger partial charge in [0.2, 0.25) is 5.91 Å². The summed E-state index contributed by atoms with van der Waals surface area (Å²) in [5, 5.41) is 8.70. The van der Waals surface area contributed by atoms with Crippen molar-refractivity contribution in [1.82, 2.24) is 10.4 Å². The zero-order valence-electron chi connectivity index (χ0n) is 15.2. The molecule has 138 valence electrons. The van der Waals surface area contributed by atoms with Gasteiger partial charge in [0.05, 0.1) is 5.92 Å². The van der Waals surface area contributed by atoms with Crippen LogP contribution in [-0.2, 0) is 16.2 Å². The summed E-state index contributed by atoms with van der Waals surface area (Å²) in [6.07, 6.45) is 0. The van der Waals surface area contributed by atoms with Crippen molar-refractivity contribution in [3.05, 3.63) is 65.7 Å². The highest BCUT2D eigenvalue weighted by atomic mass is 16.5. The van der Waals surface area contributed by atoms with Crippen molar-refractivity contribution in [3.8, 4) is 5.75 Å². The summed E-state index contributed by atoms with van der Waals surface area (Å²) in [6, 6.07) is 16.4. The van der Waals surface area contributed by atoms with Gasteiger partial charge in [-0.1, -0.05) is 42.5 Å². The number of hydroxylamine groups is 1. The Bertz CT molecular complexity index is 731. The normalized spacial score (nSPS) is 12.8. The third-order valence-electron chi connectivity index (χ3n) is 4.42. The number of amides is 2. The molecule has 2 N–H and O–H groups in total. The van der Waals surface area contributed by atoms with Crippen LogP contribution in [-0.4, -0.2) is 35.0 Å². The summed E-state index contributed by atoms with van der Waals surface area (Å²) in [4.78, 5) is 25.3. The van der Waals surface area contributed by atoms with Crippen LogP contribution in [0.3, 0.4) is 0 Å². The molecule has 0 unspecified atom stereocenters. The van der Waals surface area contributed by atoms with Gasteiger partial charge in [-0.3, -0.25) is 14.8 Å². The van der Waals surface area contributed by atoms with Gasteiger partial charge < -0.3 is 9.64 Å². The van der Waals surface area contributed by atoms with E-state index in [-0.39, 0.29) is 5.91 Å². The minimum atomic E-state index is -0.761. The molecule has 0 aromatic heterocycles. The van der Waals surface area contributed by atoms with Crippen molar-refractivity contribution < 1.29 is 19.5 Å². The highest BCUT2D eigenvalue weighted by Crippen LogP contribution is 2.22. The quantitative estimate of drug-likeness (QED) is 0.591.